The van der Waals surface area contributed by atoms with Crippen LogP contribution in [0.5, 0.6) is 0 Å². The molecule has 0 heterocycles. The molecule has 5 nitrogen and oxygen atoms in total. The van der Waals surface area contributed by atoms with Crippen LogP contribution < -0.4 is 10.0 Å². The first kappa shape index (κ1) is 20.9. The van der Waals surface area contributed by atoms with E-state index in [1.807, 2.05) is 38.1 Å². The molecule has 7 heteroatoms. The quantitative estimate of drug-likeness (QED) is 0.583. The van der Waals surface area contributed by atoms with Gasteiger partial charge in [-0.2, -0.15) is 0 Å². The number of hydrogen-bond acceptors (Lipinski definition) is 3. The van der Waals surface area contributed by atoms with Crippen molar-refractivity contribution < 1.29 is 13.2 Å². The summed E-state index contributed by atoms with van der Waals surface area (Å²) >= 11 is 6.23. The number of sulfonamides is 1. The van der Waals surface area contributed by atoms with Crippen LogP contribution in [0.3, 0.4) is 0 Å². The number of carbonyl (C=O) groups is 1. The monoisotopic (exact) mass is 428 g/mol. The zero-order chi connectivity index (χ0) is 21.0. The number of hydrogen-bond donors (Lipinski definition) is 2. The van der Waals surface area contributed by atoms with E-state index in [-0.39, 0.29) is 27.6 Å². The molecule has 1 atom stereocenters. The fourth-order valence-corrected chi connectivity index (χ4v) is 4.15. The van der Waals surface area contributed by atoms with Gasteiger partial charge in [0.2, 0.25) is 0 Å². The van der Waals surface area contributed by atoms with Crippen LogP contribution in [0.4, 0.5) is 5.69 Å². The molecule has 150 valence electrons. The maximum atomic E-state index is 12.6. The van der Waals surface area contributed by atoms with Gasteiger partial charge in [0, 0.05) is 5.56 Å². The van der Waals surface area contributed by atoms with Gasteiger partial charge in [0.25, 0.3) is 15.9 Å². The molecule has 2 N–H and O–H groups in total. The minimum absolute atomic E-state index is 0.129. The van der Waals surface area contributed by atoms with E-state index in [9.17, 15) is 13.2 Å². The number of benzene rings is 3. The number of anilines is 1. The van der Waals surface area contributed by atoms with Crippen molar-refractivity contribution in [1.29, 1.82) is 0 Å². The standard InChI is InChI=1S/C22H21ClN2O3S/c1-15-8-10-17(11-9-15)16(2)24-22(26)18-12-13-21(20(23)14-18)25-29(27,28)19-6-4-3-5-7-19/h3-14,16,25H,1-2H3,(H,24,26)/t16-/m1/s1. The Morgan fingerprint density at radius 1 is 0.966 bits per heavy atom. The molecule has 1 amide bonds. The van der Waals surface area contributed by atoms with E-state index in [1.165, 1.54) is 30.3 Å². The number of amides is 1. The van der Waals surface area contributed by atoms with Crippen molar-refractivity contribution in [2.45, 2.75) is 24.8 Å². The van der Waals surface area contributed by atoms with E-state index < -0.39 is 10.0 Å². The van der Waals surface area contributed by atoms with Crippen molar-refractivity contribution in [3.8, 4) is 0 Å². The summed E-state index contributed by atoms with van der Waals surface area (Å²) in [6.07, 6.45) is 0. The van der Waals surface area contributed by atoms with Crippen molar-refractivity contribution in [3.63, 3.8) is 0 Å². The topological polar surface area (TPSA) is 75.3 Å². The molecule has 0 unspecified atom stereocenters. The number of carbonyl (C=O) groups excluding carboxylic acids is 1. The summed E-state index contributed by atoms with van der Waals surface area (Å²) in [7, 11) is -3.76. The smallest absolute Gasteiger partial charge is 0.261 e. The lowest BCUT2D eigenvalue weighted by atomic mass is 10.1. The van der Waals surface area contributed by atoms with Crippen molar-refractivity contribution in [2.24, 2.45) is 0 Å². The van der Waals surface area contributed by atoms with Gasteiger partial charge in [-0.15, -0.1) is 0 Å². The van der Waals surface area contributed by atoms with Gasteiger partial charge in [-0.25, -0.2) is 8.42 Å². The Kier molecular flexibility index (Phi) is 6.25. The van der Waals surface area contributed by atoms with Crippen molar-refractivity contribution in [1.82, 2.24) is 5.32 Å². The van der Waals surface area contributed by atoms with Crippen LogP contribution in [0.1, 0.15) is 34.5 Å². The van der Waals surface area contributed by atoms with Crippen LogP contribution in [-0.2, 0) is 10.0 Å². The second-order valence-electron chi connectivity index (χ2n) is 6.72. The van der Waals surface area contributed by atoms with Crippen LogP contribution in [0.15, 0.2) is 77.7 Å². The fourth-order valence-electron chi connectivity index (χ4n) is 2.76. The fraction of sp³-hybridized carbons (Fsp3) is 0.136. The van der Waals surface area contributed by atoms with Crippen molar-refractivity contribution in [2.75, 3.05) is 4.72 Å². The van der Waals surface area contributed by atoms with Crippen LogP contribution in [0, 0.1) is 6.92 Å². The van der Waals surface area contributed by atoms with E-state index in [4.69, 9.17) is 11.6 Å². The molecule has 0 saturated carbocycles. The summed E-state index contributed by atoms with van der Waals surface area (Å²) in [6.45, 7) is 3.90. The van der Waals surface area contributed by atoms with Crippen molar-refractivity contribution in [3.05, 3.63) is 94.5 Å². The summed E-state index contributed by atoms with van der Waals surface area (Å²) < 4.78 is 27.3. The molecule has 0 aromatic heterocycles. The van der Waals surface area contributed by atoms with Gasteiger partial charge in [0.15, 0.2) is 0 Å². The summed E-state index contributed by atoms with van der Waals surface area (Å²) in [6, 6.07) is 20.2. The molecule has 29 heavy (non-hydrogen) atoms. The van der Waals surface area contributed by atoms with Gasteiger partial charge >= 0.3 is 0 Å². The second kappa shape index (κ2) is 8.68. The predicted octanol–water partition coefficient (Wildman–Crippen LogP) is 4.94. The van der Waals surface area contributed by atoms with Crippen LogP contribution >= 0.6 is 11.6 Å². The lowest BCUT2D eigenvalue weighted by molar-refractivity contribution is 0.0940. The highest BCUT2D eigenvalue weighted by Crippen LogP contribution is 2.26. The average molecular weight is 429 g/mol. The largest absolute Gasteiger partial charge is 0.346 e. The van der Waals surface area contributed by atoms with E-state index in [0.717, 1.165) is 11.1 Å². The third-order valence-electron chi connectivity index (χ3n) is 4.45. The number of aryl methyl sites for hydroxylation is 1. The van der Waals surface area contributed by atoms with Gasteiger partial charge in [0.05, 0.1) is 21.6 Å². The lowest BCUT2D eigenvalue weighted by Crippen LogP contribution is -2.26. The Morgan fingerprint density at radius 3 is 2.24 bits per heavy atom. The zero-order valence-corrected chi connectivity index (χ0v) is 17.6. The lowest BCUT2D eigenvalue weighted by Gasteiger charge is -2.15. The molecule has 0 aliphatic rings. The van der Waals surface area contributed by atoms with Crippen LogP contribution in [-0.4, -0.2) is 14.3 Å². The zero-order valence-electron chi connectivity index (χ0n) is 16.0. The summed E-state index contributed by atoms with van der Waals surface area (Å²) in [5.74, 6) is -0.294. The first-order valence-electron chi connectivity index (χ1n) is 9.01. The average Bonchev–Trinajstić information content (AvgIpc) is 2.70. The molecule has 0 bridgehead atoms. The van der Waals surface area contributed by atoms with Gasteiger partial charge in [-0.05, 0) is 49.7 Å². The van der Waals surface area contributed by atoms with Gasteiger partial charge in [-0.3, -0.25) is 9.52 Å². The maximum Gasteiger partial charge on any atom is 0.261 e. The summed E-state index contributed by atoms with van der Waals surface area (Å²) in [5, 5.41) is 3.06. The highest BCUT2D eigenvalue weighted by Gasteiger charge is 2.17. The van der Waals surface area contributed by atoms with Crippen molar-refractivity contribution >= 4 is 33.2 Å². The normalized spacial score (nSPS) is 12.2. The first-order chi connectivity index (χ1) is 13.8. The molecule has 3 aromatic carbocycles. The molecular formula is C22H21ClN2O3S. The van der Waals surface area contributed by atoms with E-state index in [0.29, 0.717) is 5.56 Å². The number of halogens is 1. The van der Waals surface area contributed by atoms with Gasteiger partial charge < -0.3 is 5.32 Å². The first-order valence-corrected chi connectivity index (χ1v) is 10.9. The SMILES string of the molecule is Cc1ccc([C@@H](C)NC(=O)c2ccc(NS(=O)(=O)c3ccccc3)c(Cl)c2)cc1. The molecule has 0 saturated heterocycles. The Labute approximate surface area is 175 Å². The van der Waals surface area contributed by atoms with E-state index in [2.05, 4.69) is 10.0 Å². The molecule has 0 aliphatic heterocycles. The third kappa shape index (κ3) is 5.16. The van der Waals surface area contributed by atoms with E-state index >= 15 is 0 Å². The van der Waals surface area contributed by atoms with Gasteiger partial charge in [-0.1, -0.05) is 59.6 Å². The molecule has 0 fully saturated rings. The van der Waals surface area contributed by atoms with Gasteiger partial charge in [0.1, 0.15) is 0 Å². The maximum absolute atomic E-state index is 12.6. The Morgan fingerprint density at radius 2 is 1.62 bits per heavy atom. The molecular weight excluding hydrogens is 408 g/mol. The third-order valence-corrected chi connectivity index (χ3v) is 6.15. The molecule has 0 radical (unpaired) electrons. The Hall–Kier alpha value is -2.83. The Balaban J connectivity index is 1.73. The molecule has 3 aromatic rings. The van der Waals surface area contributed by atoms with Crippen LogP contribution in [0.2, 0.25) is 5.02 Å². The molecule has 3 rings (SSSR count). The summed E-state index contributed by atoms with van der Waals surface area (Å²) in [5.41, 5.74) is 2.69. The summed E-state index contributed by atoms with van der Waals surface area (Å²) in [4.78, 5) is 12.7. The highest BCUT2D eigenvalue weighted by atomic mass is 35.5. The number of rotatable bonds is 6. The predicted molar refractivity (Wildman–Crippen MR) is 116 cm³/mol. The Bertz CT molecular complexity index is 1110. The molecule has 0 spiro atoms. The second-order valence-corrected chi connectivity index (χ2v) is 8.81. The van der Waals surface area contributed by atoms with Crippen LogP contribution in [0.25, 0.3) is 0 Å². The highest BCUT2D eigenvalue weighted by molar-refractivity contribution is 7.92. The van der Waals surface area contributed by atoms with E-state index in [1.54, 1.807) is 18.2 Å². The minimum Gasteiger partial charge on any atom is -0.346 e. The minimum atomic E-state index is -3.76. The molecule has 0 aliphatic carbocycles. The number of nitrogens with one attached hydrogen (secondary N) is 2.